The Balaban J connectivity index is 1.64. The minimum absolute atomic E-state index is 0.153. The van der Waals surface area contributed by atoms with Gasteiger partial charge < -0.3 is 15.4 Å². The van der Waals surface area contributed by atoms with Gasteiger partial charge >= 0.3 is 0 Å². The lowest BCUT2D eigenvalue weighted by atomic mass is 10.1. The molecule has 4 rings (SSSR count). The highest BCUT2D eigenvalue weighted by atomic mass is 16.5. The third-order valence-corrected chi connectivity index (χ3v) is 4.86. The summed E-state index contributed by atoms with van der Waals surface area (Å²) in [7, 11) is 1.71. The average molecular weight is 414 g/mol. The minimum Gasteiger partial charge on any atom is -0.457 e. The van der Waals surface area contributed by atoms with Gasteiger partial charge in [0.1, 0.15) is 29.3 Å². The number of likely N-dealkylation sites (N-methyl/N-ethyl adjacent to an activating group) is 1. The molecule has 0 spiro atoms. The molecule has 0 radical (unpaired) electrons. The van der Waals surface area contributed by atoms with E-state index in [1.54, 1.807) is 16.6 Å². The first-order valence-electron chi connectivity index (χ1n) is 9.74. The van der Waals surface area contributed by atoms with E-state index in [1.165, 1.54) is 12.4 Å². The number of amides is 1. The van der Waals surface area contributed by atoms with Gasteiger partial charge in [0.05, 0.1) is 11.9 Å². The number of hydrogen-bond acceptors (Lipinski definition) is 6. The number of benzene rings is 2. The molecule has 0 aliphatic rings. The van der Waals surface area contributed by atoms with Gasteiger partial charge in [0, 0.05) is 19.2 Å². The molecule has 0 fully saturated rings. The molecule has 31 heavy (non-hydrogen) atoms. The van der Waals surface area contributed by atoms with Crippen LogP contribution in [0.15, 0.2) is 73.6 Å². The monoisotopic (exact) mass is 414 g/mol. The average Bonchev–Trinajstić information content (AvgIpc) is 3.18. The van der Waals surface area contributed by atoms with E-state index in [0.29, 0.717) is 41.4 Å². The van der Waals surface area contributed by atoms with Gasteiger partial charge in [0.25, 0.3) is 0 Å². The van der Waals surface area contributed by atoms with Gasteiger partial charge in [-0.2, -0.15) is 5.10 Å². The molecule has 8 nitrogen and oxygen atoms in total. The van der Waals surface area contributed by atoms with Crippen molar-refractivity contribution in [2.45, 2.75) is 6.54 Å². The van der Waals surface area contributed by atoms with E-state index < -0.39 is 0 Å². The number of hydrogen-bond donors (Lipinski definition) is 1. The number of carbonyl (C=O) groups is 1. The van der Waals surface area contributed by atoms with E-state index >= 15 is 0 Å². The Morgan fingerprint density at radius 1 is 1.13 bits per heavy atom. The van der Waals surface area contributed by atoms with Crippen LogP contribution in [-0.4, -0.2) is 44.1 Å². The molecule has 0 unspecified atom stereocenters. The number of nitrogens with two attached hydrogens (primary N) is 1. The van der Waals surface area contributed by atoms with Crippen molar-refractivity contribution < 1.29 is 9.53 Å². The molecule has 2 heterocycles. The van der Waals surface area contributed by atoms with Crippen LogP contribution < -0.4 is 10.5 Å². The van der Waals surface area contributed by atoms with Crippen molar-refractivity contribution in [2.24, 2.45) is 0 Å². The van der Waals surface area contributed by atoms with Crippen LogP contribution in [0.3, 0.4) is 0 Å². The molecule has 4 aromatic rings. The summed E-state index contributed by atoms with van der Waals surface area (Å²) in [5.74, 6) is 1.68. The van der Waals surface area contributed by atoms with Crippen LogP contribution in [0.5, 0.6) is 11.5 Å². The molecule has 0 aliphatic carbocycles. The van der Waals surface area contributed by atoms with Crippen molar-refractivity contribution in [2.75, 3.05) is 19.3 Å². The van der Waals surface area contributed by atoms with Crippen LogP contribution in [0.25, 0.3) is 22.3 Å². The van der Waals surface area contributed by atoms with Crippen LogP contribution in [0, 0.1) is 0 Å². The fourth-order valence-electron chi connectivity index (χ4n) is 3.20. The second-order valence-electron chi connectivity index (χ2n) is 6.93. The van der Waals surface area contributed by atoms with E-state index in [0.717, 1.165) is 11.3 Å². The van der Waals surface area contributed by atoms with Crippen molar-refractivity contribution in [3.8, 4) is 22.8 Å². The third kappa shape index (κ3) is 4.23. The number of rotatable bonds is 7. The van der Waals surface area contributed by atoms with Gasteiger partial charge in [-0.3, -0.25) is 4.79 Å². The lowest BCUT2D eigenvalue weighted by Crippen LogP contribution is -2.28. The van der Waals surface area contributed by atoms with Crippen LogP contribution >= 0.6 is 0 Å². The maximum atomic E-state index is 11.8. The Labute approximate surface area is 179 Å². The molecule has 0 saturated heterocycles. The predicted octanol–water partition coefficient (Wildman–Crippen LogP) is 3.51. The quantitative estimate of drug-likeness (QED) is 0.465. The van der Waals surface area contributed by atoms with Crippen LogP contribution in [0.1, 0.15) is 0 Å². The molecule has 2 aromatic heterocycles. The first-order chi connectivity index (χ1) is 15.1. The zero-order valence-corrected chi connectivity index (χ0v) is 17.1. The standard InChI is InChI=1S/C23H22N6O2/c1-3-19(30)28(2)13-14-29-23-20(22(24)25-15-26-23)21(27-29)16-9-11-18(12-10-16)31-17-7-5-4-6-8-17/h3-12,15H,1,13-14H2,2H3,(H2,24,25,26). The van der Waals surface area contributed by atoms with E-state index in [4.69, 9.17) is 15.6 Å². The number of fused-ring (bicyclic) bond motifs is 1. The molecule has 2 N–H and O–H groups in total. The molecule has 156 valence electrons. The second kappa shape index (κ2) is 8.66. The van der Waals surface area contributed by atoms with Gasteiger partial charge in [-0.15, -0.1) is 0 Å². The van der Waals surface area contributed by atoms with E-state index in [-0.39, 0.29) is 5.91 Å². The molecule has 0 atom stereocenters. The molecule has 2 aromatic carbocycles. The summed E-state index contributed by atoms with van der Waals surface area (Å²) in [6.07, 6.45) is 2.70. The number of nitrogens with zero attached hydrogens (tertiary/aromatic N) is 5. The number of carbonyl (C=O) groups excluding carboxylic acids is 1. The minimum atomic E-state index is -0.153. The van der Waals surface area contributed by atoms with Gasteiger partial charge in [-0.25, -0.2) is 14.6 Å². The predicted molar refractivity (Wildman–Crippen MR) is 120 cm³/mol. The molecule has 0 aliphatic heterocycles. The fourth-order valence-corrected chi connectivity index (χ4v) is 3.20. The Hall–Kier alpha value is -4.20. The Morgan fingerprint density at radius 2 is 1.84 bits per heavy atom. The molecule has 1 amide bonds. The third-order valence-electron chi connectivity index (χ3n) is 4.86. The van der Waals surface area contributed by atoms with Gasteiger partial charge in [-0.05, 0) is 42.5 Å². The van der Waals surface area contributed by atoms with Gasteiger partial charge in [0.2, 0.25) is 5.91 Å². The second-order valence-corrected chi connectivity index (χ2v) is 6.93. The van der Waals surface area contributed by atoms with Gasteiger partial charge in [0.15, 0.2) is 5.65 Å². The lowest BCUT2D eigenvalue weighted by molar-refractivity contribution is -0.124. The summed E-state index contributed by atoms with van der Waals surface area (Å²) in [4.78, 5) is 21.8. The highest BCUT2D eigenvalue weighted by Crippen LogP contribution is 2.31. The smallest absolute Gasteiger partial charge is 0.245 e. The summed E-state index contributed by atoms with van der Waals surface area (Å²) < 4.78 is 7.60. The van der Waals surface area contributed by atoms with Crippen molar-refractivity contribution >= 4 is 22.8 Å². The zero-order valence-electron chi connectivity index (χ0n) is 17.1. The molecule has 0 saturated carbocycles. The van der Waals surface area contributed by atoms with E-state index in [2.05, 4.69) is 16.5 Å². The zero-order chi connectivity index (χ0) is 21.8. The molecular weight excluding hydrogens is 392 g/mol. The first kappa shape index (κ1) is 20.1. The molecule has 0 bridgehead atoms. The Morgan fingerprint density at radius 3 is 2.55 bits per heavy atom. The summed E-state index contributed by atoms with van der Waals surface area (Å²) in [6, 6.07) is 17.2. The summed E-state index contributed by atoms with van der Waals surface area (Å²) in [5, 5.41) is 5.40. The van der Waals surface area contributed by atoms with Crippen LogP contribution in [0.2, 0.25) is 0 Å². The van der Waals surface area contributed by atoms with E-state index in [1.807, 2.05) is 54.6 Å². The number of aromatic nitrogens is 4. The maximum absolute atomic E-state index is 11.8. The molecular formula is C23H22N6O2. The van der Waals surface area contributed by atoms with Crippen molar-refractivity contribution in [3.05, 3.63) is 73.6 Å². The highest BCUT2D eigenvalue weighted by Gasteiger charge is 2.17. The Kier molecular flexibility index (Phi) is 5.61. The molecule has 8 heteroatoms. The largest absolute Gasteiger partial charge is 0.457 e. The summed E-state index contributed by atoms with van der Waals surface area (Å²) in [6.45, 7) is 4.42. The SMILES string of the molecule is C=CC(=O)N(C)CCn1nc(-c2ccc(Oc3ccccc3)cc2)c2c(N)ncnc21. The van der Waals surface area contributed by atoms with Crippen molar-refractivity contribution in [3.63, 3.8) is 0 Å². The maximum Gasteiger partial charge on any atom is 0.245 e. The van der Waals surface area contributed by atoms with Crippen LogP contribution in [-0.2, 0) is 11.3 Å². The normalized spacial score (nSPS) is 10.7. The number of ether oxygens (including phenoxy) is 1. The number of para-hydroxylation sites is 1. The van der Waals surface area contributed by atoms with Crippen molar-refractivity contribution in [1.82, 2.24) is 24.6 Å². The van der Waals surface area contributed by atoms with Gasteiger partial charge in [-0.1, -0.05) is 24.8 Å². The summed E-state index contributed by atoms with van der Waals surface area (Å²) >= 11 is 0. The van der Waals surface area contributed by atoms with E-state index in [9.17, 15) is 4.79 Å². The highest BCUT2D eigenvalue weighted by molar-refractivity contribution is 5.98. The summed E-state index contributed by atoms with van der Waals surface area (Å²) in [5.41, 5.74) is 8.32. The van der Waals surface area contributed by atoms with Crippen molar-refractivity contribution in [1.29, 1.82) is 0 Å². The number of nitrogen functional groups attached to an aromatic ring is 1. The topological polar surface area (TPSA) is 99.2 Å². The fraction of sp³-hybridized carbons (Fsp3) is 0.130. The Bertz CT molecular complexity index is 1220. The lowest BCUT2D eigenvalue weighted by Gasteiger charge is -2.14. The van der Waals surface area contributed by atoms with Crippen LogP contribution in [0.4, 0.5) is 5.82 Å². The number of anilines is 1. The first-order valence-corrected chi connectivity index (χ1v) is 9.74.